The van der Waals surface area contributed by atoms with E-state index in [0.29, 0.717) is 46.0 Å². The molecule has 0 amide bonds. The number of carbonyl (C=O) groups excluding carboxylic acids is 1. The number of para-hydroxylation sites is 1. The number of nitrogens with zero attached hydrogens (tertiary/aromatic N) is 2. The number of aryl methyl sites for hydroxylation is 1. The van der Waals surface area contributed by atoms with Crippen molar-refractivity contribution < 1.29 is 9.53 Å². The molecule has 0 radical (unpaired) electrons. The Morgan fingerprint density at radius 1 is 1.00 bits per heavy atom. The van der Waals surface area contributed by atoms with Gasteiger partial charge in [0.25, 0.3) is 0 Å². The number of benzene rings is 2. The van der Waals surface area contributed by atoms with Gasteiger partial charge in [-0.25, -0.2) is 0 Å². The lowest BCUT2D eigenvalue weighted by Gasteiger charge is -2.15. The fourth-order valence-corrected chi connectivity index (χ4v) is 3.50. The smallest absolute Gasteiger partial charge is 0.196 e. The number of carbonyl (C=O) groups is 1. The summed E-state index contributed by atoms with van der Waals surface area (Å²) >= 11 is 0. The van der Waals surface area contributed by atoms with Crippen LogP contribution >= 0.6 is 0 Å². The second-order valence-corrected chi connectivity index (χ2v) is 6.09. The van der Waals surface area contributed by atoms with E-state index in [2.05, 4.69) is 11.1 Å². The normalized spacial score (nSPS) is 11.7. The van der Waals surface area contributed by atoms with Crippen molar-refractivity contribution in [3.63, 3.8) is 0 Å². The number of pyridine rings is 1. The summed E-state index contributed by atoms with van der Waals surface area (Å²) in [5.74, 6) is 0.559. The maximum absolute atomic E-state index is 13.1. The first-order valence-electron chi connectivity index (χ1n) is 8.48. The van der Waals surface area contributed by atoms with Crippen molar-refractivity contribution in [1.82, 2.24) is 4.98 Å². The molecule has 0 aliphatic heterocycles. The Bertz CT molecular complexity index is 1090. The van der Waals surface area contributed by atoms with Crippen LogP contribution in [0.1, 0.15) is 34.1 Å². The van der Waals surface area contributed by atoms with E-state index in [9.17, 15) is 10.1 Å². The molecule has 0 unspecified atom stereocenters. The number of nitriles is 1. The average Bonchev–Trinajstić information content (AvgIpc) is 2.94. The maximum atomic E-state index is 13.1. The zero-order valence-corrected chi connectivity index (χ0v) is 14.5. The van der Waals surface area contributed by atoms with Crippen LogP contribution in [0.2, 0.25) is 0 Å². The van der Waals surface area contributed by atoms with Crippen LogP contribution in [-0.2, 0) is 0 Å². The van der Waals surface area contributed by atoms with Crippen LogP contribution in [0.15, 0.2) is 48.5 Å². The van der Waals surface area contributed by atoms with Crippen molar-refractivity contribution in [3.8, 4) is 34.2 Å². The van der Waals surface area contributed by atoms with Gasteiger partial charge in [0.2, 0.25) is 0 Å². The van der Waals surface area contributed by atoms with E-state index in [1.54, 1.807) is 13.0 Å². The second-order valence-electron chi connectivity index (χ2n) is 6.09. The first kappa shape index (κ1) is 16.0. The van der Waals surface area contributed by atoms with E-state index >= 15 is 0 Å². The van der Waals surface area contributed by atoms with Crippen LogP contribution in [0, 0.1) is 18.3 Å². The van der Waals surface area contributed by atoms with E-state index in [1.807, 2.05) is 49.4 Å². The predicted octanol–water partition coefficient (Wildman–Crippen LogP) is 4.54. The van der Waals surface area contributed by atoms with E-state index in [-0.39, 0.29) is 5.78 Å². The number of hydrogen-bond donors (Lipinski definition) is 0. The zero-order valence-electron chi connectivity index (χ0n) is 14.5. The molecule has 4 heteroatoms. The summed E-state index contributed by atoms with van der Waals surface area (Å²) in [6.45, 7) is 4.21. The van der Waals surface area contributed by atoms with Gasteiger partial charge in [0.05, 0.1) is 29.1 Å². The number of hydrogen-bond acceptors (Lipinski definition) is 4. The van der Waals surface area contributed by atoms with Gasteiger partial charge >= 0.3 is 0 Å². The third-order valence-corrected chi connectivity index (χ3v) is 4.60. The molecule has 126 valence electrons. The van der Waals surface area contributed by atoms with Crippen LogP contribution in [0.25, 0.3) is 22.4 Å². The molecule has 0 bridgehead atoms. The van der Waals surface area contributed by atoms with Crippen LogP contribution in [0.3, 0.4) is 0 Å². The standard InChI is InChI=1S/C22H16N2O2/c1-3-26-18-11-7-6-10-16(18)19-17(12-23)13(2)24-21-14-8-4-5-9-15(14)22(25)20(19)21/h4-11H,3H2,1-2H3. The summed E-state index contributed by atoms with van der Waals surface area (Å²) in [5, 5.41) is 9.77. The molecule has 3 aromatic rings. The molecular weight excluding hydrogens is 324 g/mol. The van der Waals surface area contributed by atoms with Gasteiger partial charge in [-0.05, 0) is 19.9 Å². The molecule has 0 spiro atoms. The lowest BCUT2D eigenvalue weighted by molar-refractivity contribution is 0.104. The minimum atomic E-state index is -0.0964. The third-order valence-electron chi connectivity index (χ3n) is 4.60. The van der Waals surface area contributed by atoms with Gasteiger partial charge in [0.1, 0.15) is 11.8 Å². The van der Waals surface area contributed by atoms with Crippen LogP contribution < -0.4 is 4.74 Å². The summed E-state index contributed by atoms with van der Waals surface area (Å²) in [5.41, 5.74) is 4.95. The first-order valence-corrected chi connectivity index (χ1v) is 8.48. The Kier molecular flexibility index (Phi) is 3.78. The Balaban J connectivity index is 2.11. The number of ketones is 1. The zero-order chi connectivity index (χ0) is 18.3. The largest absolute Gasteiger partial charge is 0.493 e. The van der Waals surface area contributed by atoms with Crippen molar-refractivity contribution in [2.75, 3.05) is 6.61 Å². The highest BCUT2D eigenvalue weighted by Crippen LogP contribution is 2.44. The van der Waals surface area contributed by atoms with Crippen LogP contribution in [-0.4, -0.2) is 17.4 Å². The Morgan fingerprint density at radius 2 is 1.65 bits per heavy atom. The summed E-state index contributed by atoms with van der Waals surface area (Å²) in [4.78, 5) is 17.7. The number of rotatable bonds is 3. The minimum Gasteiger partial charge on any atom is -0.493 e. The molecule has 1 heterocycles. The van der Waals surface area contributed by atoms with Crippen molar-refractivity contribution in [2.45, 2.75) is 13.8 Å². The molecule has 0 fully saturated rings. The lowest BCUT2D eigenvalue weighted by Crippen LogP contribution is -2.05. The fraction of sp³-hybridized carbons (Fsp3) is 0.136. The molecule has 26 heavy (non-hydrogen) atoms. The van der Waals surface area contributed by atoms with E-state index in [4.69, 9.17) is 4.74 Å². The molecule has 2 aromatic carbocycles. The van der Waals surface area contributed by atoms with Crippen molar-refractivity contribution >= 4 is 5.78 Å². The molecule has 1 aliphatic carbocycles. The Labute approximate surface area is 151 Å². The van der Waals surface area contributed by atoms with Gasteiger partial charge in [0, 0.05) is 22.3 Å². The van der Waals surface area contributed by atoms with Crippen LogP contribution in [0.4, 0.5) is 0 Å². The van der Waals surface area contributed by atoms with Gasteiger partial charge in [0.15, 0.2) is 5.78 Å². The summed E-state index contributed by atoms with van der Waals surface area (Å²) in [7, 11) is 0. The molecule has 0 saturated heterocycles. The Morgan fingerprint density at radius 3 is 2.35 bits per heavy atom. The topological polar surface area (TPSA) is 63.0 Å². The molecule has 0 saturated carbocycles. The average molecular weight is 340 g/mol. The quantitative estimate of drug-likeness (QED) is 0.549. The van der Waals surface area contributed by atoms with Gasteiger partial charge < -0.3 is 4.74 Å². The number of aromatic nitrogens is 1. The lowest BCUT2D eigenvalue weighted by atomic mass is 9.92. The van der Waals surface area contributed by atoms with E-state index < -0.39 is 0 Å². The predicted molar refractivity (Wildman–Crippen MR) is 99.2 cm³/mol. The first-order chi connectivity index (χ1) is 12.7. The van der Waals surface area contributed by atoms with E-state index in [1.165, 1.54) is 0 Å². The van der Waals surface area contributed by atoms with Gasteiger partial charge in [-0.15, -0.1) is 0 Å². The van der Waals surface area contributed by atoms with Crippen molar-refractivity contribution in [3.05, 3.63) is 70.9 Å². The van der Waals surface area contributed by atoms with Gasteiger partial charge in [-0.1, -0.05) is 42.5 Å². The third kappa shape index (κ3) is 2.21. The molecule has 4 rings (SSSR count). The molecule has 1 aromatic heterocycles. The Hall–Kier alpha value is -3.45. The summed E-state index contributed by atoms with van der Waals surface area (Å²) < 4.78 is 5.76. The highest BCUT2D eigenvalue weighted by Gasteiger charge is 2.34. The molecular formula is C22H16N2O2. The van der Waals surface area contributed by atoms with Gasteiger partial charge in [-0.3, -0.25) is 9.78 Å². The summed E-state index contributed by atoms with van der Waals surface area (Å²) in [6.07, 6.45) is 0. The molecule has 0 atom stereocenters. The molecule has 1 aliphatic rings. The number of fused-ring (bicyclic) bond motifs is 3. The minimum absolute atomic E-state index is 0.0964. The highest BCUT2D eigenvalue weighted by molar-refractivity contribution is 6.24. The molecule has 4 nitrogen and oxygen atoms in total. The van der Waals surface area contributed by atoms with Crippen molar-refractivity contribution in [2.24, 2.45) is 0 Å². The summed E-state index contributed by atoms with van der Waals surface area (Å²) in [6, 6.07) is 17.2. The SMILES string of the molecule is CCOc1ccccc1-c1c(C#N)c(C)nc2c1C(=O)c1ccccc1-2. The fourth-order valence-electron chi connectivity index (χ4n) is 3.50. The second kappa shape index (κ2) is 6.12. The van der Waals surface area contributed by atoms with Crippen molar-refractivity contribution in [1.29, 1.82) is 5.26 Å². The monoisotopic (exact) mass is 340 g/mol. The number of ether oxygens (including phenoxy) is 1. The molecule has 0 N–H and O–H groups in total. The van der Waals surface area contributed by atoms with Gasteiger partial charge in [-0.2, -0.15) is 5.26 Å². The maximum Gasteiger partial charge on any atom is 0.196 e. The highest BCUT2D eigenvalue weighted by atomic mass is 16.5. The van der Waals surface area contributed by atoms with Crippen LogP contribution in [0.5, 0.6) is 5.75 Å². The van der Waals surface area contributed by atoms with E-state index in [0.717, 1.165) is 11.1 Å².